The molecule has 0 atom stereocenters. The summed E-state index contributed by atoms with van der Waals surface area (Å²) in [6.45, 7) is 2.18. The van der Waals surface area contributed by atoms with Gasteiger partial charge in [-0.15, -0.1) is 0 Å². The van der Waals surface area contributed by atoms with Crippen LogP contribution in [-0.2, 0) is 0 Å². The fourth-order valence-corrected chi connectivity index (χ4v) is 0.466. The minimum atomic E-state index is 0.736. The summed E-state index contributed by atoms with van der Waals surface area (Å²) in [6.07, 6.45) is 4.49. The molecule has 0 amide bonds. The zero-order chi connectivity index (χ0) is 5.54. The number of nitrogens with two attached hydrogens (primary N) is 1. The molecule has 0 spiro atoms. The van der Waals surface area contributed by atoms with Crippen molar-refractivity contribution in [3.8, 4) is 0 Å². The summed E-state index contributed by atoms with van der Waals surface area (Å²) in [5.74, 6) is 0. The van der Waals surface area contributed by atoms with Gasteiger partial charge < -0.3 is 5.73 Å². The molecule has 2 heteroatoms. The Balaban J connectivity index is 2.45. The monoisotopic (exact) mass is 98.1 g/mol. The summed E-state index contributed by atoms with van der Waals surface area (Å²) < 4.78 is 0. The van der Waals surface area contributed by atoms with Crippen molar-refractivity contribution in [3.63, 3.8) is 0 Å². The van der Waals surface area contributed by atoms with E-state index in [4.69, 9.17) is 5.73 Å². The molecule has 0 aromatic rings. The minimum absolute atomic E-state index is 0.736. The second-order valence-corrected chi connectivity index (χ2v) is 1.67. The molecule has 1 nitrogen and oxygen atoms in total. The zero-order valence-electron chi connectivity index (χ0n) is 4.98. The van der Waals surface area contributed by atoms with Crippen molar-refractivity contribution >= 4 is 7.28 Å². The van der Waals surface area contributed by atoms with Crippen LogP contribution in [-0.4, -0.2) is 13.7 Å². The standard InChI is InChI=1S/C5H13BN/c1-2-3-4-6-5-7/h2-5,7H2,1H3. The van der Waals surface area contributed by atoms with Gasteiger partial charge in [-0.1, -0.05) is 26.1 Å². The van der Waals surface area contributed by atoms with E-state index in [1.807, 2.05) is 0 Å². The lowest BCUT2D eigenvalue weighted by molar-refractivity contribution is 0.877. The van der Waals surface area contributed by atoms with Gasteiger partial charge in [-0.25, -0.2) is 0 Å². The Morgan fingerprint density at radius 3 is 2.71 bits per heavy atom. The lowest BCUT2D eigenvalue weighted by Gasteiger charge is -1.88. The highest BCUT2D eigenvalue weighted by molar-refractivity contribution is 6.35. The first-order valence-electron chi connectivity index (χ1n) is 2.93. The molecule has 0 saturated heterocycles. The van der Waals surface area contributed by atoms with Crippen LogP contribution in [0.5, 0.6) is 0 Å². The Morgan fingerprint density at radius 1 is 1.57 bits per heavy atom. The molecule has 0 aromatic carbocycles. The van der Waals surface area contributed by atoms with Gasteiger partial charge in [-0.3, -0.25) is 0 Å². The van der Waals surface area contributed by atoms with Gasteiger partial charge in [-0.2, -0.15) is 0 Å². The molecule has 0 unspecified atom stereocenters. The molecule has 0 aliphatic rings. The van der Waals surface area contributed by atoms with Gasteiger partial charge in [0.15, 0.2) is 0 Å². The molecule has 0 aliphatic heterocycles. The summed E-state index contributed by atoms with van der Waals surface area (Å²) in [5.41, 5.74) is 5.21. The molecule has 0 aromatic heterocycles. The van der Waals surface area contributed by atoms with Gasteiger partial charge in [-0.05, 0) is 6.44 Å². The van der Waals surface area contributed by atoms with Crippen LogP contribution >= 0.6 is 0 Å². The van der Waals surface area contributed by atoms with Crippen LogP contribution in [0.2, 0.25) is 6.32 Å². The van der Waals surface area contributed by atoms with Crippen molar-refractivity contribution in [1.29, 1.82) is 0 Å². The Hall–Kier alpha value is 0.0249. The van der Waals surface area contributed by atoms with Crippen molar-refractivity contribution in [2.24, 2.45) is 5.73 Å². The number of hydrogen-bond acceptors (Lipinski definition) is 1. The van der Waals surface area contributed by atoms with E-state index in [1.54, 1.807) is 0 Å². The summed E-state index contributed by atoms with van der Waals surface area (Å²) in [7, 11) is 2.11. The average Bonchev–Trinajstić information content (AvgIpc) is 1.69. The van der Waals surface area contributed by atoms with Gasteiger partial charge in [0.2, 0.25) is 0 Å². The maximum atomic E-state index is 5.21. The number of unbranched alkanes of at least 4 members (excludes halogenated alkanes) is 1. The smallest absolute Gasteiger partial charge is 0.127 e. The lowest BCUT2D eigenvalue weighted by Crippen LogP contribution is -2.07. The lowest BCUT2D eigenvalue weighted by atomic mass is 9.73. The van der Waals surface area contributed by atoms with Gasteiger partial charge in [0.25, 0.3) is 0 Å². The summed E-state index contributed by atoms with van der Waals surface area (Å²) in [5, 5.41) is 0. The molecule has 1 radical (unpaired) electrons. The quantitative estimate of drug-likeness (QED) is 0.409. The molecule has 41 valence electrons. The van der Waals surface area contributed by atoms with Crippen LogP contribution in [0.1, 0.15) is 19.8 Å². The molecule has 0 saturated carbocycles. The second-order valence-electron chi connectivity index (χ2n) is 1.67. The van der Waals surface area contributed by atoms with E-state index >= 15 is 0 Å². The third kappa shape index (κ3) is 6.02. The Bertz CT molecular complexity index is 27.3. The van der Waals surface area contributed by atoms with Crippen molar-refractivity contribution in [1.82, 2.24) is 0 Å². The summed E-state index contributed by atoms with van der Waals surface area (Å²) in [6, 6.07) is 0. The van der Waals surface area contributed by atoms with E-state index in [0.717, 1.165) is 6.44 Å². The van der Waals surface area contributed by atoms with Crippen molar-refractivity contribution < 1.29 is 0 Å². The highest BCUT2D eigenvalue weighted by atomic mass is 14.5. The third-order valence-electron chi connectivity index (χ3n) is 0.928. The normalized spacial score (nSPS) is 8.86. The van der Waals surface area contributed by atoms with Crippen LogP contribution in [0.4, 0.5) is 0 Å². The predicted molar refractivity (Wildman–Crippen MR) is 34.5 cm³/mol. The van der Waals surface area contributed by atoms with E-state index in [-0.39, 0.29) is 0 Å². The minimum Gasteiger partial charge on any atom is -0.338 e. The molecule has 0 aliphatic carbocycles. The molecule has 7 heavy (non-hydrogen) atoms. The molecular weight excluding hydrogens is 84.9 g/mol. The van der Waals surface area contributed by atoms with Crippen LogP contribution in [0.3, 0.4) is 0 Å². The first kappa shape index (κ1) is 7.02. The van der Waals surface area contributed by atoms with E-state index < -0.39 is 0 Å². The maximum Gasteiger partial charge on any atom is 0.127 e. The summed E-state index contributed by atoms with van der Waals surface area (Å²) >= 11 is 0. The van der Waals surface area contributed by atoms with E-state index in [1.165, 1.54) is 19.2 Å². The van der Waals surface area contributed by atoms with Crippen LogP contribution in [0.15, 0.2) is 0 Å². The molecular formula is C5H13BN. The number of hydrogen-bond donors (Lipinski definition) is 1. The Kier molecular flexibility index (Phi) is 6.05. The molecule has 0 rings (SSSR count). The Morgan fingerprint density at radius 2 is 2.29 bits per heavy atom. The summed E-state index contributed by atoms with van der Waals surface area (Å²) in [4.78, 5) is 0. The number of rotatable bonds is 4. The predicted octanol–water partition coefficient (Wildman–Crippen LogP) is 0.825. The van der Waals surface area contributed by atoms with Crippen molar-refractivity contribution in [2.75, 3.05) is 6.44 Å². The highest BCUT2D eigenvalue weighted by Crippen LogP contribution is 1.90. The fraction of sp³-hybridized carbons (Fsp3) is 1.00. The van der Waals surface area contributed by atoms with Gasteiger partial charge in [0.05, 0.1) is 0 Å². The topological polar surface area (TPSA) is 26.0 Å². The Labute approximate surface area is 46.5 Å². The second kappa shape index (κ2) is 6.02. The molecule has 0 bridgehead atoms. The van der Waals surface area contributed by atoms with Crippen LogP contribution < -0.4 is 5.73 Å². The fourth-order valence-electron chi connectivity index (χ4n) is 0.466. The molecule has 0 heterocycles. The van der Waals surface area contributed by atoms with Crippen LogP contribution in [0.25, 0.3) is 0 Å². The highest BCUT2D eigenvalue weighted by Gasteiger charge is 1.82. The largest absolute Gasteiger partial charge is 0.338 e. The van der Waals surface area contributed by atoms with E-state index in [2.05, 4.69) is 14.2 Å². The van der Waals surface area contributed by atoms with Gasteiger partial charge >= 0.3 is 0 Å². The van der Waals surface area contributed by atoms with Crippen molar-refractivity contribution in [2.45, 2.75) is 26.1 Å². The van der Waals surface area contributed by atoms with E-state index in [0.29, 0.717) is 0 Å². The SMILES string of the molecule is CCCC[B]CN. The van der Waals surface area contributed by atoms with Crippen LogP contribution in [0, 0.1) is 0 Å². The van der Waals surface area contributed by atoms with Crippen molar-refractivity contribution in [3.05, 3.63) is 0 Å². The third-order valence-corrected chi connectivity index (χ3v) is 0.928. The maximum absolute atomic E-state index is 5.21. The van der Waals surface area contributed by atoms with E-state index in [9.17, 15) is 0 Å². The first-order valence-corrected chi connectivity index (χ1v) is 2.93. The van der Waals surface area contributed by atoms with Gasteiger partial charge in [0.1, 0.15) is 7.28 Å². The average molecular weight is 98.0 g/mol. The van der Waals surface area contributed by atoms with Gasteiger partial charge in [0, 0.05) is 0 Å². The first-order chi connectivity index (χ1) is 3.41. The molecule has 2 N–H and O–H groups in total. The molecule has 0 fully saturated rings. The zero-order valence-corrected chi connectivity index (χ0v) is 4.98.